The average molecular weight is 1260 g/mol. The number of benzene rings is 16. The van der Waals surface area contributed by atoms with E-state index in [1.807, 2.05) is 97.1 Å². The van der Waals surface area contributed by atoms with Crippen LogP contribution in [0, 0.1) is 0 Å². The zero-order valence-corrected chi connectivity index (χ0v) is 51.6. The predicted molar refractivity (Wildman–Crippen MR) is 350 cm³/mol. The first-order chi connectivity index (χ1) is 40.9. The van der Waals surface area contributed by atoms with Crippen molar-refractivity contribution in [3.05, 3.63) is 267 Å². The van der Waals surface area contributed by atoms with Crippen LogP contribution in [-0.4, -0.2) is 0 Å². The second-order valence-electron chi connectivity index (χ2n) is 20.7. The standard InChI is InChI=1S/4C18H13O2P.Zr/c4*19-21(20)17-7-3-6-12-8-9-15-10-13-4-1-2-5-14(13)11-16(15)18(12)17;/h4*1-11,21H,(H,19,20);/q;;;;+4/p-4. The third-order valence-corrected chi connectivity index (χ3v) is 19.2. The molecule has 4 unspecified atom stereocenters. The van der Waals surface area contributed by atoms with E-state index in [0.717, 1.165) is 129 Å². The molecule has 0 radical (unpaired) electrons. The summed E-state index contributed by atoms with van der Waals surface area (Å²) in [6, 6.07) is 87.2. The molecule has 0 aliphatic carbocycles. The van der Waals surface area contributed by atoms with Gasteiger partial charge in [0.2, 0.25) is 0 Å². The van der Waals surface area contributed by atoms with E-state index in [1.54, 1.807) is 48.5 Å². The van der Waals surface area contributed by atoms with E-state index in [0.29, 0.717) is 21.2 Å². The molecule has 408 valence electrons. The molecule has 13 heteroatoms. The van der Waals surface area contributed by atoms with E-state index in [2.05, 4.69) is 121 Å². The zero-order chi connectivity index (χ0) is 57.6. The number of fused-ring (bicyclic) bond motifs is 16. The molecule has 0 aliphatic heterocycles. The molecule has 0 aromatic heterocycles. The van der Waals surface area contributed by atoms with Crippen LogP contribution in [0.1, 0.15) is 0 Å². The Bertz CT molecular complexity index is 4770. The van der Waals surface area contributed by atoms with Crippen molar-refractivity contribution in [3.63, 3.8) is 0 Å². The van der Waals surface area contributed by atoms with E-state index >= 15 is 0 Å². The predicted octanol–water partition coefficient (Wildman–Crippen LogP) is 14.4. The van der Waals surface area contributed by atoms with Crippen molar-refractivity contribution in [2.24, 2.45) is 0 Å². The van der Waals surface area contributed by atoms with Gasteiger partial charge in [0, 0.05) is 53.3 Å². The molecule has 16 aromatic carbocycles. The second kappa shape index (κ2) is 24.7. The van der Waals surface area contributed by atoms with Crippen molar-refractivity contribution in [2.75, 3.05) is 0 Å². The van der Waals surface area contributed by atoms with Gasteiger partial charge in [0.25, 0.3) is 0 Å². The molecule has 0 amide bonds. The number of hydrogen-bond donors (Lipinski definition) is 0. The summed E-state index contributed by atoms with van der Waals surface area (Å²) < 4.78 is 46.4. The van der Waals surface area contributed by atoms with Gasteiger partial charge in [0.05, 0.1) is 0 Å². The third kappa shape index (κ3) is 11.4. The quantitative estimate of drug-likeness (QED) is 0.0956. The molecule has 0 saturated heterocycles. The molecule has 0 fully saturated rings. The van der Waals surface area contributed by atoms with Gasteiger partial charge in [-0.1, -0.05) is 218 Å². The molecular weight excluding hydrogens is 1210 g/mol. The summed E-state index contributed by atoms with van der Waals surface area (Å²) in [5.74, 6) is 0. The van der Waals surface area contributed by atoms with Crippen LogP contribution in [0.5, 0.6) is 0 Å². The molecule has 0 spiro atoms. The van der Waals surface area contributed by atoms with Gasteiger partial charge in [-0.2, -0.15) is 0 Å². The first kappa shape index (κ1) is 57.7. The van der Waals surface area contributed by atoms with Crippen molar-refractivity contribution >= 4 is 183 Å². The Morgan fingerprint density at radius 1 is 0.188 bits per heavy atom. The molecule has 16 rings (SSSR count). The van der Waals surface area contributed by atoms with Crippen LogP contribution < -0.4 is 40.8 Å². The molecule has 8 nitrogen and oxygen atoms in total. The largest absolute Gasteiger partial charge is 4.00 e. The summed E-state index contributed by atoms with van der Waals surface area (Å²) >= 11 is 0. The first-order valence-electron chi connectivity index (χ1n) is 27.2. The van der Waals surface area contributed by atoms with Crippen molar-refractivity contribution in [1.29, 1.82) is 0 Å². The van der Waals surface area contributed by atoms with Crippen LogP contribution in [0.25, 0.3) is 129 Å². The molecule has 4 atom stereocenters. The Morgan fingerprint density at radius 2 is 0.353 bits per heavy atom. The fraction of sp³-hybridized carbons (Fsp3) is 0. The summed E-state index contributed by atoms with van der Waals surface area (Å²) in [5, 5.41) is 26.3. The van der Waals surface area contributed by atoms with E-state index in [9.17, 15) is 37.8 Å². The summed E-state index contributed by atoms with van der Waals surface area (Å²) in [4.78, 5) is 46.4. The molecule has 0 N–H and O–H groups in total. The first-order valence-corrected chi connectivity index (χ1v) is 32.4. The van der Waals surface area contributed by atoms with Crippen LogP contribution in [0.3, 0.4) is 0 Å². The maximum absolute atomic E-state index is 11.6. The molecule has 16 aromatic rings. The molecule has 0 heterocycles. The van der Waals surface area contributed by atoms with Gasteiger partial charge in [-0.05, 0) is 178 Å². The molecule has 85 heavy (non-hydrogen) atoms. The average Bonchev–Trinajstić information content (AvgIpc) is 1.84. The topological polar surface area (TPSA) is 161 Å². The van der Waals surface area contributed by atoms with Crippen molar-refractivity contribution < 1.29 is 64.0 Å². The van der Waals surface area contributed by atoms with E-state index in [1.165, 1.54) is 0 Å². The maximum Gasteiger partial charge on any atom is 4.00 e. The zero-order valence-electron chi connectivity index (χ0n) is 45.2. The Kier molecular flexibility index (Phi) is 16.8. The maximum atomic E-state index is 11.6. The van der Waals surface area contributed by atoms with E-state index in [4.69, 9.17) is 0 Å². The van der Waals surface area contributed by atoms with Crippen molar-refractivity contribution in [3.8, 4) is 0 Å². The normalized spacial score (nSPS) is 12.8. The van der Waals surface area contributed by atoms with Crippen LogP contribution >= 0.6 is 32.1 Å². The van der Waals surface area contributed by atoms with E-state index in [-0.39, 0.29) is 26.2 Å². The fourth-order valence-corrected chi connectivity index (χ4v) is 14.7. The Balaban J connectivity index is 0.000000111. The van der Waals surface area contributed by atoms with Crippen LogP contribution in [-0.2, 0) is 44.5 Å². The van der Waals surface area contributed by atoms with Gasteiger partial charge in [-0.25, -0.2) is 0 Å². The monoisotopic (exact) mass is 1250 g/mol. The third-order valence-electron chi connectivity index (χ3n) is 15.8. The van der Waals surface area contributed by atoms with Gasteiger partial charge in [0.15, 0.2) is 0 Å². The SMILES string of the molecule is O=[PH]([O-])c1cccc2ccc3cc4ccccc4cc3c12.O=[PH]([O-])c1cccc2ccc3cc4ccccc4cc3c12.O=[PH]([O-])c1cccc2ccc3cc4ccccc4cc3c12.O=[PH]([O-])c1cccc2ccc3cc4ccccc4cc3c12.[Zr+4]. The van der Waals surface area contributed by atoms with Crippen LogP contribution in [0.4, 0.5) is 0 Å². The van der Waals surface area contributed by atoms with Gasteiger partial charge < -0.3 is 37.8 Å². The van der Waals surface area contributed by atoms with Gasteiger partial charge in [0.1, 0.15) is 0 Å². The summed E-state index contributed by atoms with van der Waals surface area (Å²) in [5.41, 5.74) is 0. The summed E-state index contributed by atoms with van der Waals surface area (Å²) in [6.45, 7) is 0. The van der Waals surface area contributed by atoms with Gasteiger partial charge >= 0.3 is 26.2 Å². The van der Waals surface area contributed by atoms with Crippen molar-refractivity contribution in [1.82, 2.24) is 0 Å². The van der Waals surface area contributed by atoms with Gasteiger partial charge in [-0.15, -0.1) is 0 Å². The minimum atomic E-state index is -2.98. The Labute approximate surface area is 509 Å². The van der Waals surface area contributed by atoms with Gasteiger partial charge in [-0.3, -0.25) is 0 Å². The minimum Gasteiger partial charge on any atom is -0.798 e. The summed E-state index contributed by atoms with van der Waals surface area (Å²) in [7, 11) is -11.9. The Morgan fingerprint density at radius 3 is 0.541 bits per heavy atom. The van der Waals surface area contributed by atoms with E-state index < -0.39 is 32.1 Å². The molecule has 0 saturated carbocycles. The Hall–Kier alpha value is -7.72. The minimum absolute atomic E-state index is 0. The number of hydrogen-bond acceptors (Lipinski definition) is 8. The number of rotatable bonds is 4. The molecular formula is C72H48O8P4Zr. The van der Waals surface area contributed by atoms with Crippen LogP contribution in [0.2, 0.25) is 0 Å². The summed E-state index contributed by atoms with van der Waals surface area (Å²) in [6.07, 6.45) is 0. The molecule has 0 bridgehead atoms. The fourth-order valence-electron chi connectivity index (χ4n) is 11.9. The smallest absolute Gasteiger partial charge is 0.798 e. The molecule has 0 aliphatic rings. The van der Waals surface area contributed by atoms with Crippen LogP contribution in [0.15, 0.2) is 267 Å². The van der Waals surface area contributed by atoms with Crippen molar-refractivity contribution in [2.45, 2.75) is 0 Å². The second-order valence-corrected chi connectivity index (χ2v) is 25.2.